The standard InChI is InChI=1S/C19H36O4/c1-2-3-4-5-6-7-8-9-12-17(20)15-16-18(21)13-10-11-14-19(22)23/h15-18,20-21H,2-14H2,1H3,(H,22,23)/b16-15+/t17-,18+/m1/s1. The number of carboxylic acids is 1. The number of hydrogen-bond acceptors (Lipinski definition) is 3. The van der Waals surface area contributed by atoms with Gasteiger partial charge in [0.2, 0.25) is 0 Å². The summed E-state index contributed by atoms with van der Waals surface area (Å²) in [5.74, 6) is -0.796. The molecule has 0 aromatic rings. The zero-order valence-corrected chi connectivity index (χ0v) is 14.8. The van der Waals surface area contributed by atoms with Gasteiger partial charge in [-0.3, -0.25) is 4.79 Å². The Labute approximate surface area is 141 Å². The van der Waals surface area contributed by atoms with Gasteiger partial charge in [0.1, 0.15) is 0 Å². The third-order valence-electron chi connectivity index (χ3n) is 4.05. The lowest BCUT2D eigenvalue weighted by atomic mass is 10.0. The highest BCUT2D eigenvalue weighted by Crippen LogP contribution is 2.11. The lowest BCUT2D eigenvalue weighted by Crippen LogP contribution is -2.07. The SMILES string of the molecule is CCCCCCCCCC[C@@H](O)/C=C/[C@@H](O)CCCCC(=O)O. The number of unbranched alkanes of at least 4 members (excludes halogenated alkanes) is 8. The largest absolute Gasteiger partial charge is 0.481 e. The van der Waals surface area contributed by atoms with E-state index >= 15 is 0 Å². The van der Waals surface area contributed by atoms with Crippen LogP contribution in [0.15, 0.2) is 12.2 Å². The quantitative estimate of drug-likeness (QED) is 0.289. The molecule has 0 aliphatic carbocycles. The van der Waals surface area contributed by atoms with Crippen molar-refractivity contribution in [2.24, 2.45) is 0 Å². The summed E-state index contributed by atoms with van der Waals surface area (Å²) in [5, 5.41) is 28.1. The van der Waals surface area contributed by atoms with Gasteiger partial charge in [-0.05, 0) is 25.7 Å². The molecule has 136 valence electrons. The van der Waals surface area contributed by atoms with E-state index < -0.39 is 18.2 Å². The van der Waals surface area contributed by atoms with Crippen molar-refractivity contribution in [3.05, 3.63) is 12.2 Å². The second kappa shape index (κ2) is 16.0. The minimum atomic E-state index is -0.796. The van der Waals surface area contributed by atoms with Crippen LogP contribution >= 0.6 is 0 Å². The molecule has 4 heteroatoms. The Hall–Kier alpha value is -0.870. The van der Waals surface area contributed by atoms with Crippen molar-refractivity contribution >= 4 is 5.97 Å². The Morgan fingerprint density at radius 1 is 0.783 bits per heavy atom. The summed E-state index contributed by atoms with van der Waals surface area (Å²) >= 11 is 0. The molecule has 0 spiro atoms. The fourth-order valence-corrected chi connectivity index (χ4v) is 2.57. The smallest absolute Gasteiger partial charge is 0.303 e. The normalized spacial score (nSPS) is 14.2. The third-order valence-corrected chi connectivity index (χ3v) is 4.05. The van der Waals surface area contributed by atoms with E-state index in [1.807, 2.05) is 0 Å². The number of carbonyl (C=O) groups is 1. The van der Waals surface area contributed by atoms with Crippen molar-refractivity contribution in [3.8, 4) is 0 Å². The van der Waals surface area contributed by atoms with Crippen LogP contribution in [0, 0.1) is 0 Å². The molecule has 23 heavy (non-hydrogen) atoms. The molecule has 3 N–H and O–H groups in total. The summed E-state index contributed by atoms with van der Waals surface area (Å²) in [5.41, 5.74) is 0. The molecule has 0 rings (SSSR count). The Morgan fingerprint density at radius 2 is 1.22 bits per heavy atom. The molecule has 0 saturated heterocycles. The number of carboxylic acid groups (broad SMARTS) is 1. The van der Waals surface area contributed by atoms with Gasteiger partial charge in [-0.25, -0.2) is 0 Å². The molecular weight excluding hydrogens is 292 g/mol. The third kappa shape index (κ3) is 17.3. The molecule has 0 aliphatic heterocycles. The molecule has 0 aromatic carbocycles. The number of hydrogen-bond donors (Lipinski definition) is 3. The van der Waals surface area contributed by atoms with Crippen LogP contribution in [-0.2, 0) is 4.79 Å². The predicted octanol–water partition coefficient (Wildman–Crippen LogP) is 4.44. The fourth-order valence-electron chi connectivity index (χ4n) is 2.57. The summed E-state index contributed by atoms with van der Waals surface area (Å²) in [4.78, 5) is 10.4. The van der Waals surface area contributed by atoms with Crippen LogP contribution in [0.3, 0.4) is 0 Å². The van der Waals surface area contributed by atoms with Gasteiger partial charge in [0.25, 0.3) is 0 Å². The highest BCUT2D eigenvalue weighted by molar-refractivity contribution is 5.66. The van der Waals surface area contributed by atoms with Gasteiger partial charge in [-0.2, -0.15) is 0 Å². The van der Waals surface area contributed by atoms with Crippen molar-refractivity contribution in [2.75, 3.05) is 0 Å². The zero-order chi connectivity index (χ0) is 17.3. The van der Waals surface area contributed by atoms with Crippen molar-refractivity contribution < 1.29 is 20.1 Å². The summed E-state index contributed by atoms with van der Waals surface area (Å²) < 4.78 is 0. The predicted molar refractivity (Wildman–Crippen MR) is 94.5 cm³/mol. The maximum atomic E-state index is 10.4. The van der Waals surface area contributed by atoms with E-state index in [0.717, 1.165) is 19.3 Å². The average Bonchev–Trinajstić information content (AvgIpc) is 2.52. The first-order chi connectivity index (χ1) is 11.1. The minimum Gasteiger partial charge on any atom is -0.481 e. The van der Waals surface area contributed by atoms with Gasteiger partial charge >= 0.3 is 5.97 Å². The summed E-state index contributed by atoms with van der Waals surface area (Å²) in [6.45, 7) is 2.22. The van der Waals surface area contributed by atoms with E-state index in [9.17, 15) is 15.0 Å². The van der Waals surface area contributed by atoms with Crippen molar-refractivity contribution in [1.29, 1.82) is 0 Å². The molecule has 0 aliphatic rings. The number of aliphatic hydroxyl groups excluding tert-OH is 2. The molecule has 0 unspecified atom stereocenters. The molecule has 0 fully saturated rings. The lowest BCUT2D eigenvalue weighted by Gasteiger charge is -2.08. The first-order valence-electron chi connectivity index (χ1n) is 9.32. The Bertz CT molecular complexity index is 302. The Kier molecular flexibility index (Phi) is 15.4. The number of rotatable bonds is 16. The fraction of sp³-hybridized carbons (Fsp3) is 0.842. The monoisotopic (exact) mass is 328 g/mol. The molecule has 0 saturated carbocycles. The van der Waals surface area contributed by atoms with E-state index in [-0.39, 0.29) is 6.42 Å². The Morgan fingerprint density at radius 3 is 1.70 bits per heavy atom. The average molecular weight is 328 g/mol. The van der Waals surface area contributed by atoms with E-state index in [1.54, 1.807) is 12.2 Å². The first-order valence-corrected chi connectivity index (χ1v) is 9.32. The first kappa shape index (κ1) is 22.1. The van der Waals surface area contributed by atoms with E-state index in [0.29, 0.717) is 19.3 Å². The van der Waals surface area contributed by atoms with Gasteiger partial charge in [0.15, 0.2) is 0 Å². The number of aliphatic hydroxyl groups is 2. The molecule has 0 aromatic heterocycles. The summed E-state index contributed by atoms with van der Waals surface area (Å²) in [6.07, 6.45) is 15.0. The molecule has 0 bridgehead atoms. The van der Waals surface area contributed by atoms with Crippen LogP contribution < -0.4 is 0 Å². The highest BCUT2D eigenvalue weighted by Gasteiger charge is 2.04. The van der Waals surface area contributed by atoms with Crippen LogP contribution in [0.5, 0.6) is 0 Å². The van der Waals surface area contributed by atoms with E-state index in [1.165, 1.54) is 38.5 Å². The molecular formula is C19H36O4. The van der Waals surface area contributed by atoms with Gasteiger partial charge in [-0.15, -0.1) is 0 Å². The minimum absolute atomic E-state index is 0.150. The molecule has 0 heterocycles. The van der Waals surface area contributed by atoms with Crippen LogP contribution in [0.25, 0.3) is 0 Å². The van der Waals surface area contributed by atoms with Crippen LogP contribution in [-0.4, -0.2) is 33.5 Å². The van der Waals surface area contributed by atoms with Crippen molar-refractivity contribution in [2.45, 2.75) is 103 Å². The maximum Gasteiger partial charge on any atom is 0.303 e. The van der Waals surface area contributed by atoms with E-state index in [4.69, 9.17) is 5.11 Å². The van der Waals surface area contributed by atoms with Crippen molar-refractivity contribution in [3.63, 3.8) is 0 Å². The van der Waals surface area contributed by atoms with E-state index in [2.05, 4.69) is 6.92 Å². The van der Waals surface area contributed by atoms with Crippen LogP contribution in [0.1, 0.15) is 90.4 Å². The molecule has 0 amide bonds. The molecule has 2 atom stereocenters. The Balaban J connectivity index is 3.49. The number of aliphatic carboxylic acids is 1. The van der Waals surface area contributed by atoms with Gasteiger partial charge in [0.05, 0.1) is 12.2 Å². The lowest BCUT2D eigenvalue weighted by molar-refractivity contribution is -0.137. The van der Waals surface area contributed by atoms with Gasteiger partial charge in [-0.1, -0.05) is 70.4 Å². The topological polar surface area (TPSA) is 77.8 Å². The van der Waals surface area contributed by atoms with Crippen LogP contribution in [0.4, 0.5) is 0 Å². The highest BCUT2D eigenvalue weighted by atomic mass is 16.4. The second-order valence-corrected chi connectivity index (χ2v) is 6.42. The maximum absolute atomic E-state index is 10.4. The molecule has 0 radical (unpaired) electrons. The van der Waals surface area contributed by atoms with Crippen molar-refractivity contribution in [1.82, 2.24) is 0 Å². The zero-order valence-electron chi connectivity index (χ0n) is 14.8. The second-order valence-electron chi connectivity index (χ2n) is 6.42. The van der Waals surface area contributed by atoms with Crippen LogP contribution in [0.2, 0.25) is 0 Å². The van der Waals surface area contributed by atoms with Gasteiger partial charge in [0, 0.05) is 6.42 Å². The van der Waals surface area contributed by atoms with Gasteiger partial charge < -0.3 is 15.3 Å². The molecule has 4 nitrogen and oxygen atoms in total. The summed E-state index contributed by atoms with van der Waals surface area (Å²) in [7, 11) is 0. The summed E-state index contributed by atoms with van der Waals surface area (Å²) in [6, 6.07) is 0.